The van der Waals surface area contributed by atoms with Gasteiger partial charge in [-0.1, -0.05) is 17.3 Å². The van der Waals surface area contributed by atoms with E-state index in [1.54, 1.807) is 24.3 Å². The van der Waals surface area contributed by atoms with Crippen LogP contribution in [0.5, 0.6) is 5.75 Å². The summed E-state index contributed by atoms with van der Waals surface area (Å²) in [5.74, 6) is -4.19. The third-order valence-electron chi connectivity index (χ3n) is 9.31. The Balaban J connectivity index is 1.27. The number of aromatic nitrogens is 2. The predicted molar refractivity (Wildman–Crippen MR) is 159 cm³/mol. The highest BCUT2D eigenvalue weighted by molar-refractivity contribution is 7.91. The molecule has 1 aromatic heterocycles. The van der Waals surface area contributed by atoms with E-state index in [4.69, 9.17) is 10.5 Å². The maximum absolute atomic E-state index is 15.6. The Hall–Kier alpha value is -4.05. The van der Waals surface area contributed by atoms with E-state index in [9.17, 15) is 31.2 Å². The second-order valence-corrected chi connectivity index (χ2v) is 14.9. The number of alkyl halides is 3. The standard InChI is InChI=1S/C31H33F4N5O6S/c1-17(2)45-19-5-3-18(4-6-19)15-40-23-13-20(21(32)14-24(23)47(43,44)16-22(36)26(40)42)25(41)38-30-10-7-29(8-11-30,9-12-30)27-37-28(46-39-27)31(33,34)35/h3-6,13-14,17,22H,7-12,15-16,36H2,1-2H3,(H,38,41)/t22-,29?,30?/m0/s1. The molecular formula is C31H33F4N5O6S. The first-order chi connectivity index (χ1) is 22.0. The van der Waals surface area contributed by atoms with Gasteiger partial charge in [-0.2, -0.15) is 18.2 Å². The number of fused-ring (bicyclic) bond motifs is 4. The number of benzene rings is 2. The molecule has 1 atom stereocenters. The fraction of sp³-hybridized carbons (Fsp3) is 0.484. The van der Waals surface area contributed by atoms with Crippen molar-refractivity contribution in [1.82, 2.24) is 15.5 Å². The van der Waals surface area contributed by atoms with Gasteiger partial charge >= 0.3 is 12.1 Å². The van der Waals surface area contributed by atoms with Crippen LogP contribution in [0.25, 0.3) is 0 Å². The number of hydrogen-bond donors (Lipinski definition) is 2. The maximum Gasteiger partial charge on any atom is 0.471 e. The van der Waals surface area contributed by atoms with Crippen molar-refractivity contribution < 1.29 is 44.8 Å². The molecule has 3 saturated carbocycles. The quantitative estimate of drug-likeness (QED) is 0.345. The van der Waals surface area contributed by atoms with Crippen LogP contribution in [-0.4, -0.2) is 53.8 Å². The molecule has 3 N–H and O–H groups in total. The molecule has 0 saturated heterocycles. The number of carbonyl (C=O) groups is 2. The monoisotopic (exact) mass is 679 g/mol. The van der Waals surface area contributed by atoms with Crippen LogP contribution in [0.3, 0.4) is 0 Å². The first kappa shape index (κ1) is 32.9. The number of nitrogens with two attached hydrogens (primary N) is 1. The van der Waals surface area contributed by atoms with Crippen LogP contribution in [0.15, 0.2) is 45.8 Å². The molecule has 3 aromatic rings. The van der Waals surface area contributed by atoms with Crippen molar-refractivity contribution in [2.75, 3.05) is 10.7 Å². The number of hydrogen-bond acceptors (Lipinski definition) is 9. The van der Waals surface area contributed by atoms with Gasteiger partial charge in [0.2, 0.25) is 5.91 Å². The number of carbonyl (C=O) groups excluding carboxylic acids is 2. The maximum atomic E-state index is 15.6. The number of nitrogens with zero attached hydrogens (tertiary/aromatic N) is 3. The lowest BCUT2D eigenvalue weighted by molar-refractivity contribution is -0.159. The van der Waals surface area contributed by atoms with Crippen LogP contribution < -0.4 is 20.7 Å². The molecule has 2 aromatic carbocycles. The first-order valence-corrected chi connectivity index (χ1v) is 16.8. The Kier molecular flexibility index (Phi) is 8.10. The van der Waals surface area contributed by atoms with Gasteiger partial charge in [0.15, 0.2) is 15.7 Å². The van der Waals surface area contributed by atoms with Crippen molar-refractivity contribution in [2.24, 2.45) is 5.73 Å². The van der Waals surface area contributed by atoms with E-state index in [0.717, 1.165) is 17.0 Å². The van der Waals surface area contributed by atoms with Crippen molar-refractivity contribution in [3.05, 3.63) is 65.1 Å². The summed E-state index contributed by atoms with van der Waals surface area (Å²) in [7, 11) is -4.22. The third-order valence-corrected chi connectivity index (χ3v) is 11.1. The molecule has 1 aliphatic heterocycles. The van der Waals surface area contributed by atoms with Gasteiger partial charge in [-0.05, 0) is 82.2 Å². The van der Waals surface area contributed by atoms with Crippen LogP contribution >= 0.6 is 0 Å². The molecule has 11 nitrogen and oxygen atoms in total. The summed E-state index contributed by atoms with van der Waals surface area (Å²) in [5, 5.41) is 6.51. The van der Waals surface area contributed by atoms with Gasteiger partial charge in [0.1, 0.15) is 11.6 Å². The second kappa shape index (κ2) is 11.6. The summed E-state index contributed by atoms with van der Waals surface area (Å²) in [5.41, 5.74) is 4.46. The van der Waals surface area contributed by atoms with Crippen LogP contribution in [0.1, 0.15) is 80.0 Å². The van der Waals surface area contributed by atoms with E-state index < -0.39 is 72.7 Å². The minimum Gasteiger partial charge on any atom is -0.491 e. The lowest BCUT2D eigenvalue weighted by atomic mass is 9.57. The van der Waals surface area contributed by atoms with Crippen molar-refractivity contribution in [2.45, 2.75) is 93.1 Å². The highest BCUT2D eigenvalue weighted by atomic mass is 32.2. The number of nitrogens with one attached hydrogen (secondary N) is 1. The normalized spacial score (nSPS) is 25.4. The zero-order chi connectivity index (χ0) is 33.9. The number of halogens is 4. The number of amides is 2. The average molecular weight is 680 g/mol. The van der Waals surface area contributed by atoms with Gasteiger partial charge in [0.05, 0.1) is 40.6 Å². The largest absolute Gasteiger partial charge is 0.491 e. The molecule has 4 aliphatic rings. The van der Waals surface area contributed by atoms with Gasteiger partial charge in [-0.25, -0.2) is 12.8 Å². The van der Waals surface area contributed by atoms with Gasteiger partial charge in [-0.15, -0.1) is 0 Å². The minimum absolute atomic E-state index is 0.0208. The van der Waals surface area contributed by atoms with E-state index in [2.05, 4.69) is 20.0 Å². The molecule has 2 amide bonds. The highest BCUT2D eigenvalue weighted by Crippen LogP contribution is 2.53. The van der Waals surface area contributed by atoms with E-state index in [-0.39, 0.29) is 24.2 Å². The van der Waals surface area contributed by atoms with Crippen LogP contribution in [0.2, 0.25) is 0 Å². The fourth-order valence-electron chi connectivity index (χ4n) is 6.76. The number of sulfone groups is 1. The lowest BCUT2D eigenvalue weighted by Gasteiger charge is -2.52. The summed E-state index contributed by atoms with van der Waals surface area (Å²) in [4.78, 5) is 31.4. The Morgan fingerprint density at radius 2 is 1.77 bits per heavy atom. The van der Waals surface area contributed by atoms with Crippen LogP contribution in [0, 0.1) is 5.82 Å². The van der Waals surface area contributed by atoms with Crippen molar-refractivity contribution >= 4 is 27.3 Å². The SMILES string of the molecule is CC(C)Oc1ccc(CN2C(=O)[C@@H](N)CS(=O)(=O)c3cc(F)c(C(=O)NC45CCC(c6noc(C(F)(F)F)n6)(CC4)CC5)cc32)cc1. The first-order valence-electron chi connectivity index (χ1n) is 15.1. The Morgan fingerprint density at radius 1 is 1.13 bits per heavy atom. The van der Waals surface area contributed by atoms with Crippen molar-refractivity contribution in [3.63, 3.8) is 0 Å². The third kappa shape index (κ3) is 6.20. The summed E-state index contributed by atoms with van der Waals surface area (Å²) in [6.07, 6.45) is -2.62. The van der Waals surface area contributed by atoms with Gasteiger partial charge < -0.3 is 25.2 Å². The molecule has 47 heavy (non-hydrogen) atoms. The minimum atomic E-state index is -4.77. The topological polar surface area (TPSA) is 158 Å². The van der Waals surface area contributed by atoms with Crippen LogP contribution in [-0.2, 0) is 32.8 Å². The molecule has 2 bridgehead atoms. The summed E-state index contributed by atoms with van der Waals surface area (Å²) in [6, 6.07) is 7.20. The van der Waals surface area contributed by atoms with Crippen LogP contribution in [0.4, 0.5) is 23.2 Å². The Bertz CT molecular complexity index is 1800. The zero-order valence-electron chi connectivity index (χ0n) is 25.6. The molecule has 0 spiro atoms. The summed E-state index contributed by atoms with van der Waals surface area (Å²) >= 11 is 0. The molecule has 0 unspecified atom stereocenters. The van der Waals surface area contributed by atoms with Gasteiger partial charge in [0.25, 0.3) is 5.91 Å². The van der Waals surface area contributed by atoms with Gasteiger partial charge in [0, 0.05) is 11.0 Å². The number of anilines is 1. The van der Waals surface area contributed by atoms with Crippen molar-refractivity contribution in [3.8, 4) is 5.75 Å². The molecule has 0 radical (unpaired) electrons. The molecule has 7 rings (SSSR count). The molecule has 252 valence electrons. The number of ether oxygens (including phenoxy) is 1. The van der Waals surface area contributed by atoms with E-state index in [1.807, 2.05) is 13.8 Å². The zero-order valence-corrected chi connectivity index (χ0v) is 26.4. The smallest absolute Gasteiger partial charge is 0.471 e. The summed E-state index contributed by atoms with van der Waals surface area (Å²) < 4.78 is 91.3. The van der Waals surface area contributed by atoms with Crippen molar-refractivity contribution in [1.29, 1.82) is 0 Å². The van der Waals surface area contributed by atoms with E-state index in [0.29, 0.717) is 49.8 Å². The number of rotatable bonds is 7. The highest BCUT2D eigenvalue weighted by Gasteiger charge is 2.53. The molecule has 3 fully saturated rings. The molecular weight excluding hydrogens is 646 g/mol. The molecule has 16 heteroatoms. The average Bonchev–Trinajstić information content (AvgIpc) is 3.51. The van der Waals surface area contributed by atoms with E-state index in [1.165, 1.54) is 0 Å². The van der Waals surface area contributed by atoms with Gasteiger partial charge in [-0.3, -0.25) is 9.59 Å². The summed E-state index contributed by atoms with van der Waals surface area (Å²) in [6.45, 7) is 3.63. The molecule has 2 heterocycles. The van der Waals surface area contributed by atoms with E-state index >= 15 is 4.39 Å². The predicted octanol–water partition coefficient (Wildman–Crippen LogP) is 4.44. The molecule has 3 aliphatic carbocycles. The second-order valence-electron chi connectivity index (χ2n) is 12.9. The Labute approximate surface area is 267 Å². The lowest BCUT2D eigenvalue weighted by Crippen LogP contribution is -2.58. The fourth-order valence-corrected chi connectivity index (χ4v) is 8.32. The Morgan fingerprint density at radius 3 is 2.34 bits per heavy atom.